The lowest BCUT2D eigenvalue weighted by Gasteiger charge is -2.27. The van der Waals surface area contributed by atoms with Crippen LogP contribution in [-0.4, -0.2) is 60.0 Å². The minimum atomic E-state index is -0.256. The van der Waals surface area contributed by atoms with E-state index in [1.165, 1.54) is 0 Å². The van der Waals surface area contributed by atoms with E-state index in [0.29, 0.717) is 25.5 Å². The molecule has 0 bridgehead atoms. The Balaban J connectivity index is 1.51. The Kier molecular flexibility index (Phi) is 7.39. The SMILES string of the molecule is CCOC(COc1ccc(-c2cc[nH]n2)c2cccnc12)CN(CO)c1ccc(OC)cc1. The summed E-state index contributed by atoms with van der Waals surface area (Å²) in [5, 5.41) is 18.1. The average molecular weight is 449 g/mol. The van der Waals surface area contributed by atoms with Crippen molar-refractivity contribution in [3.05, 3.63) is 67.0 Å². The Labute approximate surface area is 192 Å². The largest absolute Gasteiger partial charge is 0.497 e. The van der Waals surface area contributed by atoms with Crippen molar-refractivity contribution in [2.45, 2.75) is 13.0 Å². The first-order chi connectivity index (χ1) is 16.2. The number of aliphatic hydroxyl groups is 1. The molecule has 8 heteroatoms. The van der Waals surface area contributed by atoms with E-state index < -0.39 is 0 Å². The van der Waals surface area contributed by atoms with E-state index >= 15 is 0 Å². The van der Waals surface area contributed by atoms with E-state index in [2.05, 4.69) is 15.2 Å². The number of hydrogen-bond acceptors (Lipinski definition) is 7. The number of H-pyrrole nitrogens is 1. The Bertz CT molecular complexity index is 1150. The fraction of sp³-hybridized carbons (Fsp3) is 0.280. The molecule has 2 N–H and O–H groups in total. The van der Waals surface area contributed by atoms with E-state index in [1.807, 2.05) is 66.4 Å². The number of aromatic nitrogens is 3. The summed E-state index contributed by atoms with van der Waals surface area (Å²) in [6.45, 7) is 3.12. The third-order valence-corrected chi connectivity index (χ3v) is 5.37. The summed E-state index contributed by atoms with van der Waals surface area (Å²) < 4.78 is 17.3. The van der Waals surface area contributed by atoms with Crippen LogP contribution in [0.4, 0.5) is 5.69 Å². The third-order valence-electron chi connectivity index (χ3n) is 5.37. The molecule has 1 atom stereocenters. The van der Waals surface area contributed by atoms with E-state index in [9.17, 15) is 5.11 Å². The van der Waals surface area contributed by atoms with Gasteiger partial charge in [-0.25, -0.2) is 0 Å². The predicted molar refractivity (Wildman–Crippen MR) is 128 cm³/mol. The van der Waals surface area contributed by atoms with Gasteiger partial charge < -0.3 is 24.2 Å². The summed E-state index contributed by atoms with van der Waals surface area (Å²) in [5.74, 6) is 1.44. The maximum atomic E-state index is 9.95. The molecule has 0 fully saturated rings. The van der Waals surface area contributed by atoms with Crippen LogP contribution in [0.3, 0.4) is 0 Å². The number of fused-ring (bicyclic) bond motifs is 1. The zero-order valence-corrected chi connectivity index (χ0v) is 18.8. The summed E-state index contributed by atoms with van der Waals surface area (Å²) in [7, 11) is 1.63. The molecule has 33 heavy (non-hydrogen) atoms. The van der Waals surface area contributed by atoms with Crippen LogP contribution in [0.5, 0.6) is 11.5 Å². The van der Waals surface area contributed by atoms with E-state index in [4.69, 9.17) is 14.2 Å². The number of nitrogens with zero attached hydrogens (tertiary/aromatic N) is 3. The number of rotatable bonds is 11. The molecule has 8 nitrogen and oxygen atoms in total. The van der Waals surface area contributed by atoms with Crippen LogP contribution < -0.4 is 14.4 Å². The van der Waals surface area contributed by atoms with Crippen LogP contribution in [0, 0.1) is 0 Å². The number of benzene rings is 2. The molecule has 2 heterocycles. The molecule has 4 aromatic rings. The molecule has 0 saturated heterocycles. The van der Waals surface area contributed by atoms with Crippen LogP contribution in [0.1, 0.15) is 6.92 Å². The second-order valence-corrected chi connectivity index (χ2v) is 7.42. The van der Waals surface area contributed by atoms with Gasteiger partial charge in [0.05, 0.1) is 12.8 Å². The number of anilines is 1. The Morgan fingerprint density at radius 1 is 1.09 bits per heavy atom. The lowest BCUT2D eigenvalue weighted by Crippen LogP contribution is -2.38. The van der Waals surface area contributed by atoms with Crippen LogP contribution in [0.2, 0.25) is 0 Å². The molecule has 0 aliphatic rings. The van der Waals surface area contributed by atoms with E-state index in [1.54, 1.807) is 19.5 Å². The van der Waals surface area contributed by atoms with Gasteiger partial charge in [0.1, 0.15) is 36.5 Å². The summed E-state index contributed by atoms with van der Waals surface area (Å²) >= 11 is 0. The van der Waals surface area contributed by atoms with Gasteiger partial charge in [0.2, 0.25) is 0 Å². The second kappa shape index (κ2) is 10.8. The Morgan fingerprint density at radius 2 is 1.94 bits per heavy atom. The number of aromatic amines is 1. The number of nitrogens with one attached hydrogen (secondary N) is 1. The normalized spacial score (nSPS) is 12.0. The molecule has 0 spiro atoms. The van der Waals surface area contributed by atoms with Gasteiger partial charge in [0, 0.05) is 42.2 Å². The Hall–Kier alpha value is -3.62. The average Bonchev–Trinajstić information content (AvgIpc) is 3.40. The topological polar surface area (TPSA) is 92.7 Å². The molecular formula is C25H28N4O4. The minimum absolute atomic E-state index is 0.140. The number of aliphatic hydroxyl groups excluding tert-OH is 1. The molecule has 172 valence electrons. The minimum Gasteiger partial charge on any atom is -0.497 e. The van der Waals surface area contributed by atoms with Crippen LogP contribution in [0.15, 0.2) is 67.0 Å². The molecular weight excluding hydrogens is 420 g/mol. The van der Waals surface area contributed by atoms with E-state index in [0.717, 1.165) is 33.6 Å². The van der Waals surface area contributed by atoms with Gasteiger partial charge >= 0.3 is 0 Å². The van der Waals surface area contributed by atoms with Crippen molar-refractivity contribution in [3.63, 3.8) is 0 Å². The third kappa shape index (κ3) is 5.24. The molecule has 0 amide bonds. The van der Waals surface area contributed by atoms with Gasteiger partial charge in [-0.05, 0) is 55.5 Å². The molecule has 0 saturated carbocycles. The predicted octanol–water partition coefficient (Wildman–Crippen LogP) is 3.87. The first-order valence-corrected chi connectivity index (χ1v) is 10.9. The highest BCUT2D eigenvalue weighted by Gasteiger charge is 2.18. The first kappa shape index (κ1) is 22.6. The van der Waals surface area contributed by atoms with Crippen molar-refractivity contribution in [1.29, 1.82) is 0 Å². The highest BCUT2D eigenvalue weighted by Crippen LogP contribution is 2.32. The maximum absolute atomic E-state index is 9.95. The number of hydrogen-bond donors (Lipinski definition) is 2. The summed E-state index contributed by atoms with van der Waals surface area (Å²) in [6, 6.07) is 17.3. The second-order valence-electron chi connectivity index (χ2n) is 7.42. The first-order valence-electron chi connectivity index (χ1n) is 10.9. The zero-order valence-electron chi connectivity index (χ0n) is 18.8. The lowest BCUT2D eigenvalue weighted by atomic mass is 10.1. The van der Waals surface area contributed by atoms with Crippen molar-refractivity contribution in [2.24, 2.45) is 0 Å². The number of pyridine rings is 1. The van der Waals surface area contributed by atoms with Gasteiger partial charge in [-0.1, -0.05) is 6.07 Å². The maximum Gasteiger partial charge on any atom is 0.145 e. The fourth-order valence-electron chi connectivity index (χ4n) is 3.75. The Morgan fingerprint density at radius 3 is 2.64 bits per heavy atom. The van der Waals surface area contributed by atoms with Crippen molar-refractivity contribution < 1.29 is 19.3 Å². The molecule has 4 rings (SSSR count). The van der Waals surface area contributed by atoms with Crippen LogP contribution in [0.25, 0.3) is 22.2 Å². The van der Waals surface area contributed by atoms with Gasteiger partial charge in [-0.3, -0.25) is 10.1 Å². The molecule has 0 aliphatic heterocycles. The molecule has 0 aliphatic carbocycles. The van der Waals surface area contributed by atoms with Crippen molar-refractivity contribution >= 4 is 16.6 Å². The zero-order chi connectivity index (χ0) is 23.0. The fourth-order valence-corrected chi connectivity index (χ4v) is 3.75. The van der Waals surface area contributed by atoms with Crippen molar-refractivity contribution in [1.82, 2.24) is 15.2 Å². The summed E-state index contributed by atoms with van der Waals surface area (Å²) in [4.78, 5) is 6.38. The standard InChI is InChI=1S/C25H28N4O4/c1-3-32-20(15-29(17-30)18-6-8-19(31-2)9-7-18)16-33-24-11-10-21(23-12-14-27-28-23)22-5-4-13-26-25(22)24/h4-14,20,30H,3,15-17H2,1-2H3,(H,27,28). The van der Waals surface area contributed by atoms with Gasteiger partial charge in [-0.2, -0.15) is 5.10 Å². The van der Waals surface area contributed by atoms with Gasteiger partial charge in [0.25, 0.3) is 0 Å². The number of methoxy groups -OCH3 is 1. The molecule has 1 unspecified atom stereocenters. The van der Waals surface area contributed by atoms with E-state index in [-0.39, 0.29) is 12.8 Å². The van der Waals surface area contributed by atoms with Crippen LogP contribution >= 0.6 is 0 Å². The van der Waals surface area contributed by atoms with Gasteiger partial charge in [0.15, 0.2) is 0 Å². The highest BCUT2D eigenvalue weighted by molar-refractivity contribution is 5.96. The van der Waals surface area contributed by atoms with Gasteiger partial charge in [-0.15, -0.1) is 0 Å². The molecule has 2 aromatic heterocycles. The smallest absolute Gasteiger partial charge is 0.145 e. The molecule has 2 aromatic carbocycles. The van der Waals surface area contributed by atoms with Crippen LogP contribution in [-0.2, 0) is 4.74 Å². The quantitative estimate of drug-likeness (QED) is 0.337. The lowest BCUT2D eigenvalue weighted by molar-refractivity contribution is 0.0304. The highest BCUT2D eigenvalue weighted by atomic mass is 16.5. The number of ether oxygens (including phenoxy) is 3. The summed E-state index contributed by atoms with van der Waals surface area (Å²) in [5.41, 5.74) is 3.48. The van der Waals surface area contributed by atoms with Crippen molar-refractivity contribution in [3.8, 4) is 22.8 Å². The van der Waals surface area contributed by atoms with Crippen molar-refractivity contribution in [2.75, 3.05) is 38.5 Å². The monoisotopic (exact) mass is 448 g/mol. The summed E-state index contributed by atoms with van der Waals surface area (Å²) in [6.07, 6.45) is 3.29. The molecule has 0 radical (unpaired) electrons.